The predicted molar refractivity (Wildman–Crippen MR) is 76.8 cm³/mol. The normalized spacial score (nSPS) is 11.3. The van der Waals surface area contributed by atoms with Crippen molar-refractivity contribution in [3.8, 4) is 5.75 Å². The lowest BCUT2D eigenvalue weighted by atomic mass is 10.1. The maximum atomic E-state index is 12.0. The molecule has 1 aromatic rings. The van der Waals surface area contributed by atoms with Crippen molar-refractivity contribution in [2.24, 2.45) is 5.92 Å². The summed E-state index contributed by atoms with van der Waals surface area (Å²) < 4.78 is 39.7. The molecule has 0 radical (unpaired) electrons. The molecule has 7 heteroatoms. The van der Waals surface area contributed by atoms with Crippen molar-refractivity contribution in [2.75, 3.05) is 11.9 Å². The van der Waals surface area contributed by atoms with Crippen molar-refractivity contribution >= 4 is 23.0 Å². The summed E-state index contributed by atoms with van der Waals surface area (Å²) in [6, 6.07) is 5.40. The third-order valence-corrected chi connectivity index (χ3v) is 2.60. The van der Waals surface area contributed by atoms with Crippen LogP contribution in [0.5, 0.6) is 5.75 Å². The standard InChI is InChI=1S/C13H17F3N2OS/c1-9(2)7-8-17-12(20)18-10-3-5-11(6-4-10)19-13(14,15)16/h3-6,9H,7-8H2,1-2H3,(H2,17,18,20). The van der Waals surface area contributed by atoms with Gasteiger partial charge in [0.05, 0.1) is 0 Å². The summed E-state index contributed by atoms with van der Waals surface area (Å²) in [6.45, 7) is 4.97. The largest absolute Gasteiger partial charge is 0.573 e. The highest BCUT2D eigenvalue weighted by Crippen LogP contribution is 2.23. The SMILES string of the molecule is CC(C)CCNC(=S)Nc1ccc(OC(F)(F)F)cc1. The zero-order valence-corrected chi connectivity index (χ0v) is 12.1. The Morgan fingerprint density at radius 2 is 1.85 bits per heavy atom. The van der Waals surface area contributed by atoms with Crippen molar-refractivity contribution in [2.45, 2.75) is 26.6 Å². The number of hydrogen-bond acceptors (Lipinski definition) is 2. The maximum Gasteiger partial charge on any atom is 0.573 e. The van der Waals surface area contributed by atoms with Crippen molar-refractivity contribution in [1.82, 2.24) is 5.32 Å². The number of halogens is 3. The second-order valence-corrected chi connectivity index (χ2v) is 5.04. The summed E-state index contributed by atoms with van der Waals surface area (Å²) in [7, 11) is 0. The van der Waals surface area contributed by atoms with Crippen LogP contribution >= 0.6 is 12.2 Å². The van der Waals surface area contributed by atoms with E-state index in [1.165, 1.54) is 24.3 Å². The minimum Gasteiger partial charge on any atom is -0.406 e. The Hall–Kier alpha value is -1.50. The highest BCUT2D eigenvalue weighted by Gasteiger charge is 2.30. The molecule has 0 aliphatic carbocycles. The predicted octanol–water partition coefficient (Wildman–Crippen LogP) is 3.92. The minimum atomic E-state index is -4.68. The number of benzene rings is 1. The van der Waals surface area contributed by atoms with Crippen LogP contribution in [0.2, 0.25) is 0 Å². The minimum absolute atomic E-state index is 0.262. The third kappa shape index (κ3) is 7.18. The van der Waals surface area contributed by atoms with Gasteiger partial charge in [-0.2, -0.15) is 0 Å². The average Bonchev–Trinajstić information content (AvgIpc) is 2.29. The zero-order chi connectivity index (χ0) is 15.2. The number of ether oxygens (including phenoxy) is 1. The van der Waals surface area contributed by atoms with E-state index < -0.39 is 6.36 Å². The Morgan fingerprint density at radius 3 is 2.35 bits per heavy atom. The topological polar surface area (TPSA) is 33.3 Å². The van der Waals surface area contributed by atoms with Gasteiger partial charge in [-0.1, -0.05) is 13.8 Å². The third-order valence-electron chi connectivity index (χ3n) is 2.35. The van der Waals surface area contributed by atoms with E-state index in [9.17, 15) is 13.2 Å². The number of hydrogen-bond donors (Lipinski definition) is 2. The van der Waals surface area contributed by atoms with E-state index >= 15 is 0 Å². The molecule has 112 valence electrons. The van der Waals surface area contributed by atoms with Crippen molar-refractivity contribution in [3.63, 3.8) is 0 Å². The van der Waals surface area contributed by atoms with Crippen LogP contribution in [0.3, 0.4) is 0 Å². The first kappa shape index (κ1) is 16.6. The van der Waals surface area contributed by atoms with Gasteiger partial charge in [-0.15, -0.1) is 13.2 Å². The van der Waals surface area contributed by atoms with Crippen molar-refractivity contribution < 1.29 is 17.9 Å². The van der Waals surface area contributed by atoms with Crippen LogP contribution in [-0.4, -0.2) is 18.0 Å². The van der Waals surface area contributed by atoms with Crippen LogP contribution in [0.15, 0.2) is 24.3 Å². The molecule has 0 atom stereocenters. The molecule has 0 aliphatic rings. The fourth-order valence-corrected chi connectivity index (χ4v) is 1.61. The number of thiocarbonyl (C=S) groups is 1. The van der Waals surface area contributed by atoms with Crippen molar-refractivity contribution in [1.29, 1.82) is 0 Å². The van der Waals surface area contributed by atoms with Gasteiger partial charge in [-0.25, -0.2) is 0 Å². The van der Waals surface area contributed by atoms with Crippen LogP contribution in [0, 0.1) is 5.92 Å². The molecule has 0 fully saturated rings. The van der Waals surface area contributed by atoms with E-state index in [-0.39, 0.29) is 5.75 Å². The summed E-state index contributed by atoms with van der Waals surface area (Å²) in [6.07, 6.45) is -3.69. The Labute approximate surface area is 121 Å². The number of rotatable bonds is 5. The lowest BCUT2D eigenvalue weighted by Gasteiger charge is -2.12. The van der Waals surface area contributed by atoms with E-state index in [4.69, 9.17) is 12.2 Å². The lowest BCUT2D eigenvalue weighted by Crippen LogP contribution is -2.29. The molecule has 20 heavy (non-hydrogen) atoms. The zero-order valence-electron chi connectivity index (χ0n) is 11.3. The summed E-state index contributed by atoms with van der Waals surface area (Å²) in [5.41, 5.74) is 0.599. The smallest absolute Gasteiger partial charge is 0.406 e. The molecule has 0 aliphatic heterocycles. The number of anilines is 1. The molecule has 0 spiro atoms. The molecule has 0 saturated heterocycles. The monoisotopic (exact) mass is 306 g/mol. The van der Waals surface area contributed by atoms with Gasteiger partial charge in [-0.05, 0) is 48.8 Å². The molecular formula is C13H17F3N2OS. The van der Waals surface area contributed by atoms with Gasteiger partial charge in [0.25, 0.3) is 0 Å². The first-order valence-electron chi connectivity index (χ1n) is 6.17. The summed E-state index contributed by atoms with van der Waals surface area (Å²) in [4.78, 5) is 0. The fraction of sp³-hybridized carbons (Fsp3) is 0.462. The highest BCUT2D eigenvalue weighted by atomic mass is 32.1. The van der Waals surface area contributed by atoms with Gasteiger partial charge < -0.3 is 15.4 Å². The molecule has 0 unspecified atom stereocenters. The Bertz CT molecular complexity index is 432. The van der Waals surface area contributed by atoms with E-state index in [2.05, 4.69) is 29.2 Å². The molecule has 1 rings (SSSR count). The van der Waals surface area contributed by atoms with Gasteiger partial charge in [0.2, 0.25) is 0 Å². The molecule has 0 aromatic heterocycles. The van der Waals surface area contributed by atoms with Gasteiger partial charge in [0.1, 0.15) is 5.75 Å². The highest BCUT2D eigenvalue weighted by molar-refractivity contribution is 7.80. The van der Waals surface area contributed by atoms with Crippen LogP contribution < -0.4 is 15.4 Å². The maximum absolute atomic E-state index is 12.0. The second kappa shape index (κ2) is 7.33. The molecule has 0 heterocycles. The Morgan fingerprint density at radius 1 is 1.25 bits per heavy atom. The summed E-state index contributed by atoms with van der Waals surface area (Å²) in [5, 5.41) is 6.35. The molecule has 0 bridgehead atoms. The van der Waals surface area contributed by atoms with E-state index in [0.29, 0.717) is 16.7 Å². The van der Waals surface area contributed by atoms with E-state index in [0.717, 1.165) is 13.0 Å². The van der Waals surface area contributed by atoms with Gasteiger partial charge in [0, 0.05) is 12.2 Å². The van der Waals surface area contributed by atoms with Crippen LogP contribution in [0.25, 0.3) is 0 Å². The average molecular weight is 306 g/mol. The van der Waals surface area contributed by atoms with Crippen LogP contribution in [0.4, 0.5) is 18.9 Å². The molecular weight excluding hydrogens is 289 g/mol. The first-order valence-corrected chi connectivity index (χ1v) is 6.58. The Kier molecular flexibility index (Phi) is 6.06. The van der Waals surface area contributed by atoms with E-state index in [1.807, 2.05) is 0 Å². The van der Waals surface area contributed by atoms with Crippen LogP contribution in [0.1, 0.15) is 20.3 Å². The quantitative estimate of drug-likeness (QED) is 0.808. The second-order valence-electron chi connectivity index (χ2n) is 4.64. The number of nitrogens with one attached hydrogen (secondary N) is 2. The Balaban J connectivity index is 2.43. The van der Waals surface area contributed by atoms with E-state index in [1.54, 1.807) is 0 Å². The molecule has 0 saturated carbocycles. The van der Waals surface area contributed by atoms with Gasteiger partial charge in [0.15, 0.2) is 5.11 Å². The van der Waals surface area contributed by atoms with Gasteiger partial charge in [-0.3, -0.25) is 0 Å². The molecule has 3 nitrogen and oxygen atoms in total. The molecule has 2 N–H and O–H groups in total. The first-order chi connectivity index (χ1) is 9.26. The van der Waals surface area contributed by atoms with Crippen molar-refractivity contribution in [3.05, 3.63) is 24.3 Å². The summed E-state index contributed by atoms with van der Waals surface area (Å²) in [5.74, 6) is 0.311. The molecule has 1 aromatic carbocycles. The summed E-state index contributed by atoms with van der Waals surface area (Å²) >= 11 is 5.08. The lowest BCUT2D eigenvalue weighted by molar-refractivity contribution is -0.274. The van der Waals surface area contributed by atoms with Gasteiger partial charge >= 0.3 is 6.36 Å². The fourth-order valence-electron chi connectivity index (χ4n) is 1.39. The van der Waals surface area contributed by atoms with Crippen LogP contribution in [-0.2, 0) is 0 Å². The molecule has 0 amide bonds. The number of alkyl halides is 3.